The van der Waals surface area contributed by atoms with Crippen molar-refractivity contribution in [1.29, 1.82) is 0 Å². The molecule has 1 fully saturated rings. The predicted octanol–water partition coefficient (Wildman–Crippen LogP) is 5.33. The highest BCUT2D eigenvalue weighted by Gasteiger charge is 2.17. The van der Waals surface area contributed by atoms with E-state index >= 15 is 0 Å². The molecule has 32 heavy (non-hydrogen) atoms. The van der Waals surface area contributed by atoms with Crippen molar-refractivity contribution in [3.8, 4) is 22.3 Å². The minimum absolute atomic E-state index is 0.126. The van der Waals surface area contributed by atoms with Crippen LogP contribution in [0.25, 0.3) is 44.2 Å². The summed E-state index contributed by atoms with van der Waals surface area (Å²) >= 11 is 0. The summed E-state index contributed by atoms with van der Waals surface area (Å²) in [5, 5.41) is 12.0. The highest BCUT2D eigenvalue weighted by atomic mass is 16.3. The number of aliphatic hydroxyl groups excluding tert-OH is 1. The molecule has 1 saturated heterocycles. The van der Waals surface area contributed by atoms with E-state index in [1.807, 2.05) is 18.6 Å². The van der Waals surface area contributed by atoms with Gasteiger partial charge >= 0.3 is 0 Å². The first-order valence-electron chi connectivity index (χ1n) is 11.3. The topological polar surface area (TPSA) is 67.9 Å². The summed E-state index contributed by atoms with van der Waals surface area (Å²) in [7, 11) is 0. The van der Waals surface area contributed by atoms with Gasteiger partial charge in [-0.15, -0.1) is 0 Å². The molecule has 1 aliphatic rings. The lowest BCUT2D eigenvalue weighted by Gasteiger charge is -2.29. The Morgan fingerprint density at radius 3 is 2.56 bits per heavy atom. The summed E-state index contributed by atoms with van der Waals surface area (Å²) in [4.78, 5) is 13.7. The average Bonchev–Trinajstić information content (AvgIpc) is 3.47. The van der Waals surface area contributed by atoms with Crippen LogP contribution in [0.4, 0.5) is 0 Å². The van der Waals surface area contributed by atoms with Crippen molar-refractivity contribution in [3.63, 3.8) is 0 Å². The largest absolute Gasteiger partial charge is 0.393 e. The smallest absolute Gasteiger partial charge is 0.137 e. The number of aromatic amines is 2. The van der Waals surface area contributed by atoms with Crippen LogP contribution in [-0.4, -0.2) is 44.2 Å². The number of hydrogen-bond acceptors (Lipinski definition) is 3. The number of aromatic nitrogens is 3. The van der Waals surface area contributed by atoms with E-state index in [9.17, 15) is 5.11 Å². The SMILES string of the molecule is OC1CCN(Cc2ccc(-c3cnc4[nH]cc(-c5ccc6[nH]ccc6c5)c4c3)cc2)CC1. The van der Waals surface area contributed by atoms with Crippen molar-refractivity contribution in [2.75, 3.05) is 13.1 Å². The first-order chi connectivity index (χ1) is 15.7. The van der Waals surface area contributed by atoms with Crippen molar-refractivity contribution in [2.45, 2.75) is 25.5 Å². The molecule has 0 saturated carbocycles. The third-order valence-corrected chi connectivity index (χ3v) is 6.65. The Bertz CT molecular complexity index is 1370. The number of pyridine rings is 1. The minimum atomic E-state index is -0.126. The molecule has 0 unspecified atom stereocenters. The molecule has 0 bridgehead atoms. The molecule has 4 heterocycles. The third-order valence-electron chi connectivity index (χ3n) is 6.65. The van der Waals surface area contributed by atoms with Crippen LogP contribution in [0, 0.1) is 0 Å². The van der Waals surface area contributed by atoms with Gasteiger partial charge in [0.15, 0.2) is 0 Å². The van der Waals surface area contributed by atoms with Crippen molar-refractivity contribution in [3.05, 3.63) is 78.8 Å². The lowest BCUT2D eigenvalue weighted by atomic mass is 10.0. The van der Waals surface area contributed by atoms with E-state index in [1.165, 1.54) is 27.6 Å². The zero-order chi connectivity index (χ0) is 21.5. The number of rotatable bonds is 4. The molecule has 2 aromatic carbocycles. The second-order valence-electron chi connectivity index (χ2n) is 8.81. The fourth-order valence-corrected chi connectivity index (χ4v) is 4.76. The Kier molecular flexibility index (Phi) is 4.78. The van der Waals surface area contributed by atoms with Gasteiger partial charge in [0, 0.05) is 60.3 Å². The molecule has 0 atom stereocenters. The Hall–Kier alpha value is -3.41. The van der Waals surface area contributed by atoms with Crippen molar-refractivity contribution in [2.24, 2.45) is 0 Å². The highest BCUT2D eigenvalue weighted by Crippen LogP contribution is 2.32. The van der Waals surface area contributed by atoms with Crippen LogP contribution in [0.15, 0.2) is 73.2 Å². The van der Waals surface area contributed by atoms with E-state index in [2.05, 4.69) is 74.4 Å². The average molecular weight is 423 g/mol. The van der Waals surface area contributed by atoms with Gasteiger partial charge in [-0.3, -0.25) is 4.90 Å². The summed E-state index contributed by atoms with van der Waals surface area (Å²) in [5.41, 5.74) is 8.00. The second-order valence-corrected chi connectivity index (χ2v) is 8.81. The van der Waals surface area contributed by atoms with E-state index in [-0.39, 0.29) is 6.10 Å². The maximum atomic E-state index is 9.71. The number of aliphatic hydroxyl groups is 1. The Morgan fingerprint density at radius 1 is 0.906 bits per heavy atom. The van der Waals surface area contributed by atoms with E-state index < -0.39 is 0 Å². The third kappa shape index (κ3) is 3.60. The normalized spacial score (nSPS) is 15.7. The van der Waals surface area contributed by atoms with Crippen molar-refractivity contribution >= 4 is 21.9 Å². The van der Waals surface area contributed by atoms with Crippen LogP contribution in [0.2, 0.25) is 0 Å². The molecule has 1 aliphatic heterocycles. The Balaban J connectivity index is 1.28. The minimum Gasteiger partial charge on any atom is -0.393 e. The molecule has 0 spiro atoms. The molecular weight excluding hydrogens is 396 g/mol. The Morgan fingerprint density at radius 2 is 1.72 bits per heavy atom. The molecule has 160 valence electrons. The van der Waals surface area contributed by atoms with Crippen LogP contribution >= 0.6 is 0 Å². The lowest BCUT2D eigenvalue weighted by molar-refractivity contribution is 0.0792. The maximum Gasteiger partial charge on any atom is 0.137 e. The molecule has 0 radical (unpaired) electrons. The summed E-state index contributed by atoms with van der Waals surface area (Å²) in [6.07, 6.45) is 7.59. The van der Waals surface area contributed by atoms with Gasteiger partial charge in [0.2, 0.25) is 0 Å². The fraction of sp³-hybridized carbons (Fsp3) is 0.222. The van der Waals surface area contributed by atoms with Gasteiger partial charge < -0.3 is 15.1 Å². The van der Waals surface area contributed by atoms with Gasteiger partial charge in [-0.1, -0.05) is 30.3 Å². The molecule has 6 rings (SSSR count). The van der Waals surface area contributed by atoms with Crippen LogP contribution in [0.5, 0.6) is 0 Å². The van der Waals surface area contributed by atoms with E-state index in [0.29, 0.717) is 0 Å². The molecular formula is C27H26N4O. The van der Waals surface area contributed by atoms with Crippen LogP contribution < -0.4 is 0 Å². The van der Waals surface area contributed by atoms with Gasteiger partial charge in [0.1, 0.15) is 5.65 Å². The van der Waals surface area contributed by atoms with Gasteiger partial charge in [0.05, 0.1) is 6.10 Å². The maximum absolute atomic E-state index is 9.71. The van der Waals surface area contributed by atoms with Gasteiger partial charge in [-0.25, -0.2) is 4.98 Å². The van der Waals surface area contributed by atoms with Gasteiger partial charge in [-0.2, -0.15) is 0 Å². The summed E-state index contributed by atoms with van der Waals surface area (Å²) < 4.78 is 0. The van der Waals surface area contributed by atoms with Gasteiger partial charge in [-0.05, 0) is 59.2 Å². The molecule has 3 aromatic heterocycles. The second kappa shape index (κ2) is 7.93. The van der Waals surface area contributed by atoms with E-state index in [0.717, 1.165) is 54.6 Å². The summed E-state index contributed by atoms with van der Waals surface area (Å²) in [6, 6.07) is 19.6. The molecule has 0 amide bonds. The summed E-state index contributed by atoms with van der Waals surface area (Å²) in [5.74, 6) is 0. The van der Waals surface area contributed by atoms with E-state index in [1.54, 1.807) is 0 Å². The quantitative estimate of drug-likeness (QED) is 0.366. The Labute approximate surface area is 186 Å². The summed E-state index contributed by atoms with van der Waals surface area (Å²) in [6.45, 7) is 2.87. The first-order valence-corrected chi connectivity index (χ1v) is 11.3. The van der Waals surface area contributed by atoms with Crippen LogP contribution in [-0.2, 0) is 6.54 Å². The number of hydrogen-bond donors (Lipinski definition) is 3. The van der Waals surface area contributed by atoms with Crippen LogP contribution in [0.1, 0.15) is 18.4 Å². The lowest BCUT2D eigenvalue weighted by Crippen LogP contribution is -2.35. The van der Waals surface area contributed by atoms with Crippen LogP contribution in [0.3, 0.4) is 0 Å². The first kappa shape index (κ1) is 19.3. The number of fused-ring (bicyclic) bond motifs is 2. The fourth-order valence-electron chi connectivity index (χ4n) is 4.76. The molecule has 5 heteroatoms. The molecule has 5 nitrogen and oxygen atoms in total. The van der Waals surface area contributed by atoms with Crippen molar-refractivity contribution in [1.82, 2.24) is 19.9 Å². The number of piperidine rings is 1. The number of benzene rings is 2. The van der Waals surface area contributed by atoms with Gasteiger partial charge in [0.25, 0.3) is 0 Å². The highest BCUT2D eigenvalue weighted by molar-refractivity contribution is 5.98. The predicted molar refractivity (Wildman–Crippen MR) is 129 cm³/mol. The number of H-pyrrole nitrogens is 2. The zero-order valence-electron chi connectivity index (χ0n) is 17.9. The molecule has 0 aliphatic carbocycles. The number of nitrogens with one attached hydrogen (secondary N) is 2. The monoisotopic (exact) mass is 422 g/mol. The molecule has 5 aromatic rings. The molecule has 3 N–H and O–H groups in total. The number of likely N-dealkylation sites (tertiary alicyclic amines) is 1. The van der Waals surface area contributed by atoms with E-state index in [4.69, 9.17) is 0 Å². The van der Waals surface area contributed by atoms with Crippen molar-refractivity contribution < 1.29 is 5.11 Å². The standard InChI is InChI=1S/C27H26N4O/c32-23-8-11-31(12-9-23)17-18-1-3-19(4-2-18)22-14-24-25(16-30-27(24)29-15-22)20-5-6-26-21(13-20)7-10-28-26/h1-7,10,13-16,23,28,32H,8-9,11-12,17H2,(H,29,30). The number of nitrogens with zero attached hydrogens (tertiary/aromatic N) is 2. The zero-order valence-corrected chi connectivity index (χ0v) is 17.9.